The van der Waals surface area contributed by atoms with Gasteiger partial charge in [0.05, 0.1) is 5.69 Å². The average molecular weight is 219 g/mol. The number of aryl methyl sites for hydroxylation is 1. The van der Waals surface area contributed by atoms with Gasteiger partial charge in [0, 0.05) is 25.7 Å². The number of aromatic nitrogens is 2. The summed E-state index contributed by atoms with van der Waals surface area (Å²) in [7, 11) is 3.45. The average Bonchev–Trinajstić information content (AvgIpc) is 2.43. The number of hydrogen-bond donors (Lipinski definition) is 0. The first-order valence-corrected chi connectivity index (χ1v) is 4.70. The lowest BCUT2D eigenvalue weighted by atomic mass is 10.0. The fraction of sp³-hybridized carbons (Fsp3) is 0.667. The Labute approximate surface area is 85.5 Å². The minimum Gasteiger partial charge on any atom is -0.300 e. The Bertz CT molecular complexity index is 381. The third-order valence-corrected chi connectivity index (χ3v) is 2.71. The predicted octanol–water partition coefficient (Wildman–Crippen LogP) is 1.43. The zero-order valence-corrected chi connectivity index (χ0v) is 8.60. The number of fused-ring (bicyclic) bond motifs is 1. The fourth-order valence-electron chi connectivity index (χ4n) is 1.93. The highest BCUT2D eigenvalue weighted by molar-refractivity contribution is 5.30. The second kappa shape index (κ2) is 3.23. The van der Waals surface area contributed by atoms with E-state index in [0.717, 1.165) is 0 Å². The molecule has 0 saturated heterocycles. The largest absolute Gasteiger partial charge is 0.435 e. The number of alkyl halides is 3. The maximum absolute atomic E-state index is 12.6. The van der Waals surface area contributed by atoms with Crippen molar-refractivity contribution in [3.05, 3.63) is 17.0 Å². The molecule has 0 bridgehead atoms. The second-order valence-electron chi connectivity index (χ2n) is 3.88. The summed E-state index contributed by atoms with van der Waals surface area (Å²) < 4.78 is 39.1. The van der Waals surface area contributed by atoms with Gasteiger partial charge in [0.15, 0.2) is 5.69 Å². The predicted molar refractivity (Wildman–Crippen MR) is 48.2 cm³/mol. The molecule has 1 aliphatic rings. The maximum atomic E-state index is 12.6. The fourth-order valence-corrected chi connectivity index (χ4v) is 1.93. The monoisotopic (exact) mass is 219 g/mol. The van der Waals surface area contributed by atoms with E-state index < -0.39 is 11.9 Å². The maximum Gasteiger partial charge on any atom is 0.435 e. The summed E-state index contributed by atoms with van der Waals surface area (Å²) in [5.41, 5.74) is 0.326. The molecule has 0 aromatic carbocycles. The Balaban J connectivity index is 2.48. The lowest BCUT2D eigenvalue weighted by Crippen LogP contribution is -2.28. The van der Waals surface area contributed by atoms with Crippen LogP contribution in [0.2, 0.25) is 0 Å². The van der Waals surface area contributed by atoms with Crippen molar-refractivity contribution in [1.29, 1.82) is 0 Å². The van der Waals surface area contributed by atoms with Crippen LogP contribution in [0.25, 0.3) is 0 Å². The summed E-state index contributed by atoms with van der Waals surface area (Å²) in [6.07, 6.45) is -3.91. The number of likely N-dealkylation sites (N-methyl/N-ethyl adjacent to an activating group) is 1. The molecular weight excluding hydrogens is 207 g/mol. The van der Waals surface area contributed by atoms with Crippen molar-refractivity contribution >= 4 is 0 Å². The van der Waals surface area contributed by atoms with Crippen LogP contribution in [0.4, 0.5) is 13.2 Å². The summed E-state index contributed by atoms with van der Waals surface area (Å²) in [6.45, 7) is 1.19. The van der Waals surface area contributed by atoms with Crippen molar-refractivity contribution in [2.24, 2.45) is 7.05 Å². The highest BCUT2D eigenvalue weighted by atomic mass is 19.4. The topological polar surface area (TPSA) is 21.1 Å². The molecule has 0 radical (unpaired) electrons. The van der Waals surface area contributed by atoms with Gasteiger partial charge < -0.3 is 4.90 Å². The van der Waals surface area contributed by atoms with Crippen molar-refractivity contribution in [1.82, 2.24) is 14.7 Å². The van der Waals surface area contributed by atoms with Crippen LogP contribution in [-0.2, 0) is 26.2 Å². The molecule has 0 unspecified atom stereocenters. The van der Waals surface area contributed by atoms with Gasteiger partial charge in [-0.1, -0.05) is 0 Å². The van der Waals surface area contributed by atoms with Crippen molar-refractivity contribution in [2.45, 2.75) is 19.1 Å². The first-order chi connectivity index (χ1) is 6.89. The Morgan fingerprint density at radius 1 is 1.27 bits per heavy atom. The van der Waals surface area contributed by atoms with E-state index in [1.807, 2.05) is 11.9 Å². The third kappa shape index (κ3) is 1.73. The molecule has 15 heavy (non-hydrogen) atoms. The van der Waals surface area contributed by atoms with E-state index in [1.165, 1.54) is 4.68 Å². The van der Waals surface area contributed by atoms with Gasteiger partial charge in [-0.2, -0.15) is 18.3 Å². The molecule has 1 aromatic heterocycles. The molecule has 0 atom stereocenters. The lowest BCUT2D eigenvalue weighted by Gasteiger charge is -2.23. The molecule has 3 nitrogen and oxygen atoms in total. The highest BCUT2D eigenvalue weighted by Crippen LogP contribution is 2.34. The minimum atomic E-state index is -4.33. The number of nitrogens with zero attached hydrogens (tertiary/aromatic N) is 3. The summed E-state index contributed by atoms with van der Waals surface area (Å²) in [4.78, 5) is 1.99. The second-order valence-corrected chi connectivity index (χ2v) is 3.88. The molecule has 2 rings (SSSR count). The SMILES string of the molecule is CN1CCc2c(C(F)(F)F)nn(C)c2C1. The molecular formula is C9H12F3N3. The van der Waals surface area contributed by atoms with Crippen LogP contribution in [-0.4, -0.2) is 28.3 Å². The molecule has 0 fully saturated rings. The number of halogens is 3. The summed E-state index contributed by atoms with van der Waals surface area (Å²) in [6, 6.07) is 0. The Morgan fingerprint density at radius 2 is 1.93 bits per heavy atom. The van der Waals surface area contributed by atoms with E-state index in [4.69, 9.17) is 0 Å². The van der Waals surface area contributed by atoms with Crippen LogP contribution < -0.4 is 0 Å². The standard InChI is InChI=1S/C9H12F3N3/c1-14-4-3-6-7(5-14)15(2)13-8(6)9(10,11)12/h3-5H2,1-2H3. The molecule has 2 heterocycles. The van der Waals surface area contributed by atoms with Crippen LogP contribution in [0.3, 0.4) is 0 Å². The van der Waals surface area contributed by atoms with Gasteiger partial charge in [0.2, 0.25) is 0 Å². The molecule has 0 aliphatic carbocycles. The van der Waals surface area contributed by atoms with E-state index in [0.29, 0.717) is 30.8 Å². The molecule has 0 N–H and O–H groups in total. The van der Waals surface area contributed by atoms with Crippen LogP contribution in [0.1, 0.15) is 17.0 Å². The van der Waals surface area contributed by atoms with E-state index in [-0.39, 0.29) is 0 Å². The summed E-state index contributed by atoms with van der Waals surface area (Å²) >= 11 is 0. The van der Waals surface area contributed by atoms with Crippen molar-refractivity contribution < 1.29 is 13.2 Å². The first kappa shape index (κ1) is 10.5. The van der Waals surface area contributed by atoms with Crippen LogP contribution in [0.5, 0.6) is 0 Å². The Morgan fingerprint density at radius 3 is 2.53 bits per heavy atom. The highest BCUT2D eigenvalue weighted by Gasteiger charge is 2.39. The van der Waals surface area contributed by atoms with E-state index >= 15 is 0 Å². The van der Waals surface area contributed by atoms with Crippen molar-refractivity contribution in [3.63, 3.8) is 0 Å². The van der Waals surface area contributed by atoms with Crippen LogP contribution in [0, 0.1) is 0 Å². The molecule has 6 heteroatoms. The van der Waals surface area contributed by atoms with Gasteiger partial charge in [-0.05, 0) is 13.5 Å². The van der Waals surface area contributed by atoms with Crippen LogP contribution in [0.15, 0.2) is 0 Å². The Kier molecular flexibility index (Phi) is 2.26. The smallest absolute Gasteiger partial charge is 0.300 e. The lowest BCUT2D eigenvalue weighted by molar-refractivity contribution is -0.142. The van der Waals surface area contributed by atoms with Gasteiger partial charge >= 0.3 is 6.18 Å². The zero-order chi connectivity index (χ0) is 11.2. The molecule has 1 aliphatic heterocycles. The van der Waals surface area contributed by atoms with Crippen LogP contribution >= 0.6 is 0 Å². The third-order valence-electron chi connectivity index (χ3n) is 2.71. The summed E-state index contributed by atoms with van der Waals surface area (Å²) in [5, 5.41) is 3.56. The molecule has 84 valence electrons. The summed E-state index contributed by atoms with van der Waals surface area (Å²) in [5.74, 6) is 0. The molecule has 1 aromatic rings. The van der Waals surface area contributed by atoms with Gasteiger partial charge in [0.25, 0.3) is 0 Å². The minimum absolute atomic E-state index is 0.364. The van der Waals surface area contributed by atoms with Gasteiger partial charge in [-0.15, -0.1) is 0 Å². The quantitative estimate of drug-likeness (QED) is 0.658. The van der Waals surface area contributed by atoms with E-state index in [2.05, 4.69) is 5.10 Å². The normalized spacial score (nSPS) is 17.9. The Hall–Kier alpha value is -1.04. The molecule has 0 spiro atoms. The van der Waals surface area contributed by atoms with Crippen molar-refractivity contribution in [2.75, 3.05) is 13.6 Å². The van der Waals surface area contributed by atoms with E-state index in [1.54, 1.807) is 7.05 Å². The van der Waals surface area contributed by atoms with Gasteiger partial charge in [0.1, 0.15) is 0 Å². The first-order valence-electron chi connectivity index (χ1n) is 4.70. The number of hydrogen-bond acceptors (Lipinski definition) is 2. The molecule has 0 saturated carbocycles. The van der Waals surface area contributed by atoms with Gasteiger partial charge in [-0.3, -0.25) is 4.68 Å². The zero-order valence-electron chi connectivity index (χ0n) is 8.60. The number of rotatable bonds is 0. The molecule has 0 amide bonds. The van der Waals surface area contributed by atoms with Gasteiger partial charge in [-0.25, -0.2) is 0 Å². The van der Waals surface area contributed by atoms with E-state index in [9.17, 15) is 13.2 Å². The van der Waals surface area contributed by atoms with Crippen molar-refractivity contribution in [3.8, 4) is 0 Å².